The number of rotatable bonds is 3. The van der Waals surface area contributed by atoms with Gasteiger partial charge in [-0.2, -0.15) is 0 Å². The first-order chi connectivity index (χ1) is 12.2. The fourth-order valence-corrected chi connectivity index (χ4v) is 3.61. The Balaban J connectivity index is 2.02. The van der Waals surface area contributed by atoms with Crippen LogP contribution in [0.2, 0.25) is 0 Å². The molecule has 0 saturated heterocycles. The summed E-state index contributed by atoms with van der Waals surface area (Å²) in [6.45, 7) is 0. The van der Waals surface area contributed by atoms with Gasteiger partial charge in [0.1, 0.15) is 5.60 Å². The Bertz CT molecular complexity index is 928. The molecule has 25 heavy (non-hydrogen) atoms. The van der Waals surface area contributed by atoms with E-state index in [9.17, 15) is 9.90 Å². The molecule has 2 heteroatoms. The molecule has 0 bridgehead atoms. The van der Waals surface area contributed by atoms with E-state index in [4.69, 9.17) is 0 Å². The third-order valence-corrected chi connectivity index (χ3v) is 4.74. The van der Waals surface area contributed by atoms with Crippen molar-refractivity contribution in [3.05, 3.63) is 108 Å². The molecule has 0 saturated carbocycles. The van der Waals surface area contributed by atoms with Gasteiger partial charge in [-0.15, -0.1) is 0 Å². The maximum absolute atomic E-state index is 12.9. The predicted octanol–water partition coefficient (Wildman–Crippen LogP) is 4.46. The van der Waals surface area contributed by atoms with Crippen molar-refractivity contribution in [2.24, 2.45) is 0 Å². The summed E-state index contributed by atoms with van der Waals surface area (Å²) in [4.78, 5) is 12.9. The van der Waals surface area contributed by atoms with Gasteiger partial charge in [0.15, 0.2) is 5.78 Å². The highest BCUT2D eigenvalue weighted by Crippen LogP contribution is 2.49. The van der Waals surface area contributed by atoms with Gasteiger partial charge in [-0.25, -0.2) is 0 Å². The maximum atomic E-state index is 12.9. The monoisotopic (exact) mass is 326 g/mol. The summed E-state index contributed by atoms with van der Waals surface area (Å²) in [5, 5.41) is 11.6. The van der Waals surface area contributed by atoms with Gasteiger partial charge in [0.25, 0.3) is 0 Å². The molecule has 0 spiro atoms. The first-order valence-corrected chi connectivity index (χ1v) is 8.37. The van der Waals surface area contributed by atoms with E-state index in [0.29, 0.717) is 11.1 Å². The molecule has 0 unspecified atom stereocenters. The Kier molecular flexibility index (Phi) is 3.83. The predicted molar refractivity (Wildman–Crippen MR) is 99.7 cm³/mol. The van der Waals surface area contributed by atoms with Crippen molar-refractivity contribution in [2.45, 2.75) is 12.0 Å². The molecule has 122 valence electrons. The van der Waals surface area contributed by atoms with E-state index in [2.05, 4.69) is 0 Å². The van der Waals surface area contributed by atoms with E-state index < -0.39 is 5.60 Å². The summed E-state index contributed by atoms with van der Waals surface area (Å²) in [6.07, 6.45) is 0.0610. The van der Waals surface area contributed by atoms with Crippen molar-refractivity contribution in [1.82, 2.24) is 0 Å². The number of benzene rings is 3. The lowest BCUT2D eigenvalue weighted by atomic mass is 9.83. The molecule has 0 fully saturated rings. The van der Waals surface area contributed by atoms with Crippen LogP contribution in [0.3, 0.4) is 0 Å². The van der Waals surface area contributed by atoms with Crippen LogP contribution in [0.25, 0.3) is 11.1 Å². The molecule has 1 N–H and O–H groups in total. The van der Waals surface area contributed by atoms with E-state index >= 15 is 0 Å². The summed E-state index contributed by atoms with van der Waals surface area (Å²) >= 11 is 0. The smallest absolute Gasteiger partial charge is 0.167 e. The Labute approximate surface area is 147 Å². The van der Waals surface area contributed by atoms with Crippen LogP contribution in [-0.2, 0) is 10.4 Å². The van der Waals surface area contributed by atoms with Crippen LogP contribution in [0.15, 0.2) is 91.0 Å². The fraction of sp³-hybridized carbons (Fsp3) is 0.0870. The minimum atomic E-state index is -1.31. The minimum Gasteiger partial charge on any atom is -0.380 e. The Morgan fingerprint density at radius 1 is 0.680 bits per heavy atom. The van der Waals surface area contributed by atoms with Crippen LogP contribution >= 0.6 is 0 Å². The highest BCUT2D eigenvalue weighted by molar-refractivity contribution is 6.32. The molecule has 0 aliphatic heterocycles. The third kappa shape index (κ3) is 2.61. The second-order valence-corrected chi connectivity index (χ2v) is 6.31. The van der Waals surface area contributed by atoms with E-state index in [1.807, 2.05) is 91.0 Å². The second kappa shape index (κ2) is 6.15. The molecule has 2 nitrogen and oxygen atoms in total. The lowest BCUT2D eigenvalue weighted by Crippen LogP contribution is -2.25. The molecule has 3 aromatic carbocycles. The topological polar surface area (TPSA) is 37.3 Å². The third-order valence-electron chi connectivity index (χ3n) is 4.74. The number of carbonyl (C=O) groups excluding carboxylic acids is 1. The molecule has 0 amide bonds. The van der Waals surface area contributed by atoms with Crippen molar-refractivity contribution < 1.29 is 9.90 Å². The van der Waals surface area contributed by atoms with Crippen molar-refractivity contribution in [3.8, 4) is 0 Å². The van der Waals surface area contributed by atoms with Gasteiger partial charge in [-0.3, -0.25) is 4.79 Å². The lowest BCUT2D eigenvalue weighted by molar-refractivity contribution is -0.115. The lowest BCUT2D eigenvalue weighted by Gasteiger charge is -2.27. The molecule has 3 aromatic rings. The van der Waals surface area contributed by atoms with Crippen molar-refractivity contribution in [2.75, 3.05) is 0 Å². The van der Waals surface area contributed by atoms with E-state index in [1.165, 1.54) is 0 Å². The van der Waals surface area contributed by atoms with Crippen LogP contribution in [0.4, 0.5) is 0 Å². The number of hydrogen-bond donors (Lipinski definition) is 1. The molecular formula is C23H18O2. The van der Waals surface area contributed by atoms with Crippen molar-refractivity contribution in [1.29, 1.82) is 0 Å². The van der Waals surface area contributed by atoms with Crippen LogP contribution in [0.5, 0.6) is 0 Å². The summed E-state index contributed by atoms with van der Waals surface area (Å²) in [5.41, 5.74) is 2.45. The number of Topliss-reactive ketones (excluding diaryl/α,β-unsaturated/α-hetero) is 1. The first kappa shape index (κ1) is 15.6. The van der Waals surface area contributed by atoms with E-state index in [-0.39, 0.29) is 12.2 Å². The zero-order valence-corrected chi connectivity index (χ0v) is 13.7. The van der Waals surface area contributed by atoms with E-state index in [1.54, 1.807) is 0 Å². The average molecular weight is 326 g/mol. The van der Waals surface area contributed by atoms with Crippen LogP contribution in [-0.4, -0.2) is 10.9 Å². The molecule has 0 aromatic heterocycles. The number of allylic oxidation sites excluding steroid dienone is 1. The van der Waals surface area contributed by atoms with Gasteiger partial charge in [0.05, 0.1) is 0 Å². The van der Waals surface area contributed by atoms with Gasteiger partial charge in [-0.05, 0) is 16.7 Å². The summed E-state index contributed by atoms with van der Waals surface area (Å²) in [5.74, 6) is -0.0311. The first-order valence-electron chi connectivity index (χ1n) is 8.37. The summed E-state index contributed by atoms with van der Waals surface area (Å²) in [7, 11) is 0. The molecule has 0 radical (unpaired) electrons. The number of carbonyl (C=O) groups is 1. The van der Waals surface area contributed by atoms with Gasteiger partial charge in [-0.1, -0.05) is 91.0 Å². The molecular weight excluding hydrogens is 308 g/mol. The standard InChI is InChI=1S/C23H18O2/c24-20-16-23(25,19-14-8-3-9-15-19)22(18-12-6-2-7-13-18)21(20)17-10-4-1-5-11-17/h1-15,25H,16H2/t23-/m0/s1. The maximum Gasteiger partial charge on any atom is 0.167 e. The van der Waals surface area contributed by atoms with Gasteiger partial charge in [0.2, 0.25) is 0 Å². The van der Waals surface area contributed by atoms with Gasteiger partial charge >= 0.3 is 0 Å². The summed E-state index contributed by atoms with van der Waals surface area (Å²) < 4.78 is 0. The minimum absolute atomic E-state index is 0.0311. The van der Waals surface area contributed by atoms with Gasteiger partial charge in [0, 0.05) is 17.6 Å². The Hall–Kier alpha value is -2.97. The zero-order valence-electron chi connectivity index (χ0n) is 13.7. The normalized spacial score (nSPS) is 20.1. The SMILES string of the molecule is O=C1C[C@](O)(c2ccccc2)C(c2ccccc2)=C1c1ccccc1. The van der Waals surface area contributed by atoms with Crippen LogP contribution in [0.1, 0.15) is 23.1 Å². The fourth-order valence-electron chi connectivity index (χ4n) is 3.61. The summed E-state index contributed by atoms with van der Waals surface area (Å²) in [6, 6.07) is 28.7. The van der Waals surface area contributed by atoms with Crippen LogP contribution in [0, 0.1) is 0 Å². The quantitative estimate of drug-likeness (QED) is 0.771. The average Bonchev–Trinajstić information content (AvgIpc) is 2.95. The second-order valence-electron chi connectivity index (χ2n) is 6.31. The molecule has 1 aliphatic carbocycles. The number of hydrogen-bond acceptors (Lipinski definition) is 2. The largest absolute Gasteiger partial charge is 0.380 e. The van der Waals surface area contributed by atoms with E-state index in [0.717, 1.165) is 16.7 Å². The van der Waals surface area contributed by atoms with Crippen molar-refractivity contribution >= 4 is 16.9 Å². The molecule has 1 aliphatic rings. The Morgan fingerprint density at radius 2 is 1.16 bits per heavy atom. The number of ketones is 1. The molecule has 0 heterocycles. The van der Waals surface area contributed by atoms with Crippen molar-refractivity contribution in [3.63, 3.8) is 0 Å². The molecule has 1 atom stereocenters. The highest BCUT2D eigenvalue weighted by atomic mass is 16.3. The molecule has 4 rings (SSSR count). The van der Waals surface area contributed by atoms with Gasteiger partial charge < -0.3 is 5.11 Å². The number of aliphatic hydroxyl groups is 1. The highest BCUT2D eigenvalue weighted by Gasteiger charge is 2.46. The zero-order chi connectivity index (χ0) is 17.3. The Morgan fingerprint density at radius 3 is 1.72 bits per heavy atom. The van der Waals surface area contributed by atoms with Crippen LogP contribution < -0.4 is 0 Å².